The van der Waals surface area contributed by atoms with E-state index in [4.69, 9.17) is 17.3 Å². The van der Waals surface area contributed by atoms with Gasteiger partial charge in [0.05, 0.1) is 9.95 Å². The fraction of sp³-hybridized carbons (Fsp3) is 0.500. The van der Waals surface area contributed by atoms with Gasteiger partial charge in [-0.15, -0.1) is 0 Å². The van der Waals surface area contributed by atoms with E-state index in [0.29, 0.717) is 12.8 Å². The zero-order valence-electron chi connectivity index (χ0n) is 11.8. The molecule has 0 spiro atoms. The second kappa shape index (κ2) is 6.69. The Morgan fingerprint density at radius 1 is 1.38 bits per heavy atom. The molecular formula is C12H18ClN3O4S. The van der Waals surface area contributed by atoms with Gasteiger partial charge >= 0.3 is 0 Å². The van der Waals surface area contributed by atoms with Crippen LogP contribution in [0.5, 0.6) is 0 Å². The number of nitro groups is 1. The molecule has 1 aromatic carbocycles. The molecule has 0 radical (unpaired) electrons. The molecule has 1 aromatic rings. The molecule has 0 aliphatic heterocycles. The molecule has 0 saturated heterocycles. The zero-order chi connectivity index (χ0) is 16.3. The van der Waals surface area contributed by atoms with Gasteiger partial charge in [-0.25, -0.2) is 13.1 Å². The van der Waals surface area contributed by atoms with Gasteiger partial charge in [-0.3, -0.25) is 10.1 Å². The van der Waals surface area contributed by atoms with Crippen LogP contribution in [0.3, 0.4) is 0 Å². The maximum absolute atomic E-state index is 12.2. The third kappa shape index (κ3) is 4.37. The van der Waals surface area contributed by atoms with Crippen LogP contribution in [0.4, 0.5) is 5.69 Å². The lowest BCUT2D eigenvalue weighted by molar-refractivity contribution is -0.385. The van der Waals surface area contributed by atoms with E-state index in [1.807, 2.05) is 13.8 Å². The maximum Gasteiger partial charge on any atom is 0.270 e. The minimum absolute atomic E-state index is 0.0291. The second-order valence-electron chi connectivity index (χ2n) is 4.77. The van der Waals surface area contributed by atoms with Crippen LogP contribution >= 0.6 is 11.6 Å². The van der Waals surface area contributed by atoms with Crippen molar-refractivity contribution in [3.8, 4) is 0 Å². The Hall–Kier alpha value is -1.22. The summed E-state index contributed by atoms with van der Waals surface area (Å²) >= 11 is 5.83. The van der Waals surface area contributed by atoms with Crippen LogP contribution < -0.4 is 10.5 Å². The first-order chi connectivity index (χ1) is 9.65. The summed E-state index contributed by atoms with van der Waals surface area (Å²) in [6.45, 7) is 3.75. The molecule has 7 nitrogen and oxygen atoms in total. The summed E-state index contributed by atoms with van der Waals surface area (Å²) in [6.07, 6.45) is 1.18. The highest BCUT2D eigenvalue weighted by Gasteiger charge is 2.26. The monoisotopic (exact) mass is 335 g/mol. The van der Waals surface area contributed by atoms with Gasteiger partial charge in [0.1, 0.15) is 4.90 Å². The summed E-state index contributed by atoms with van der Waals surface area (Å²) in [4.78, 5) is 9.72. The van der Waals surface area contributed by atoms with Crippen LogP contribution in [0.2, 0.25) is 5.02 Å². The lowest BCUT2D eigenvalue weighted by atomic mass is 9.95. The normalized spacial score (nSPS) is 12.4. The Morgan fingerprint density at radius 3 is 2.43 bits per heavy atom. The molecule has 0 bridgehead atoms. The first kappa shape index (κ1) is 17.8. The molecule has 0 amide bonds. The van der Waals surface area contributed by atoms with E-state index in [0.717, 1.165) is 12.1 Å². The van der Waals surface area contributed by atoms with E-state index < -0.39 is 20.5 Å². The number of nitrogens with two attached hydrogens (primary N) is 1. The van der Waals surface area contributed by atoms with Crippen molar-refractivity contribution in [1.29, 1.82) is 0 Å². The van der Waals surface area contributed by atoms with Crippen molar-refractivity contribution in [2.75, 3.05) is 6.54 Å². The summed E-state index contributed by atoms with van der Waals surface area (Å²) in [5.74, 6) is 0. The quantitative estimate of drug-likeness (QED) is 0.584. The summed E-state index contributed by atoms with van der Waals surface area (Å²) < 4.78 is 26.8. The third-order valence-electron chi connectivity index (χ3n) is 3.44. The van der Waals surface area contributed by atoms with Gasteiger partial charge in [0.15, 0.2) is 0 Å². The number of non-ortho nitro benzene ring substituents is 1. The fourth-order valence-electron chi connectivity index (χ4n) is 1.63. The van der Waals surface area contributed by atoms with Crippen molar-refractivity contribution in [3.05, 3.63) is 33.3 Å². The maximum atomic E-state index is 12.2. The SMILES string of the molecule is CCC(N)(CC)CNS(=O)(=O)c1cc([N+](=O)[O-])ccc1Cl. The van der Waals surface area contributed by atoms with Gasteiger partial charge in [-0.05, 0) is 18.9 Å². The highest BCUT2D eigenvalue weighted by Crippen LogP contribution is 2.26. The standard InChI is InChI=1S/C12H18ClN3O4S/c1-3-12(14,4-2)8-15-21(19,20)11-7-9(16(17)18)5-6-10(11)13/h5-7,15H,3-4,8,14H2,1-2H3. The number of nitrogens with zero attached hydrogens (tertiary/aromatic N) is 1. The average Bonchev–Trinajstić information content (AvgIpc) is 2.45. The molecular weight excluding hydrogens is 318 g/mol. The molecule has 1 rings (SSSR count). The molecule has 0 aliphatic carbocycles. The predicted octanol–water partition coefficient (Wildman–Crippen LogP) is 2.04. The van der Waals surface area contributed by atoms with Gasteiger partial charge in [0.2, 0.25) is 10.0 Å². The molecule has 0 unspecified atom stereocenters. The number of hydrogen-bond acceptors (Lipinski definition) is 5. The average molecular weight is 336 g/mol. The van der Waals surface area contributed by atoms with Gasteiger partial charge in [-0.1, -0.05) is 25.4 Å². The molecule has 0 saturated carbocycles. The van der Waals surface area contributed by atoms with E-state index in [2.05, 4.69) is 4.72 Å². The van der Waals surface area contributed by atoms with Crippen molar-refractivity contribution in [2.24, 2.45) is 5.73 Å². The minimum atomic E-state index is -3.97. The Labute approximate surface area is 128 Å². The van der Waals surface area contributed by atoms with E-state index >= 15 is 0 Å². The van der Waals surface area contributed by atoms with Crippen LogP contribution in [-0.2, 0) is 10.0 Å². The topological polar surface area (TPSA) is 115 Å². The van der Waals surface area contributed by atoms with E-state index in [9.17, 15) is 18.5 Å². The van der Waals surface area contributed by atoms with Gasteiger partial charge in [0, 0.05) is 24.2 Å². The summed E-state index contributed by atoms with van der Waals surface area (Å²) in [5.41, 5.74) is 5.02. The van der Waals surface area contributed by atoms with Gasteiger partial charge < -0.3 is 5.73 Å². The zero-order valence-corrected chi connectivity index (χ0v) is 13.4. The van der Waals surface area contributed by atoms with Crippen molar-refractivity contribution in [1.82, 2.24) is 4.72 Å². The largest absolute Gasteiger partial charge is 0.324 e. The van der Waals surface area contributed by atoms with Crippen LogP contribution in [0.25, 0.3) is 0 Å². The summed E-state index contributed by atoms with van der Waals surface area (Å²) in [5, 5.41) is 10.6. The van der Waals surface area contributed by atoms with Gasteiger partial charge in [-0.2, -0.15) is 0 Å². The van der Waals surface area contributed by atoms with Crippen LogP contribution in [-0.4, -0.2) is 25.4 Å². The second-order valence-corrected chi connectivity index (χ2v) is 6.91. The first-order valence-corrected chi connectivity index (χ1v) is 8.24. The molecule has 118 valence electrons. The van der Waals surface area contributed by atoms with Crippen LogP contribution in [0.15, 0.2) is 23.1 Å². The number of nitro benzene ring substituents is 1. The summed E-state index contributed by atoms with van der Waals surface area (Å²) in [7, 11) is -3.97. The highest BCUT2D eigenvalue weighted by atomic mass is 35.5. The summed E-state index contributed by atoms with van der Waals surface area (Å²) in [6, 6.07) is 3.26. The molecule has 0 heterocycles. The molecule has 0 fully saturated rings. The van der Waals surface area contributed by atoms with Crippen LogP contribution in [0.1, 0.15) is 26.7 Å². The van der Waals surface area contributed by atoms with Gasteiger partial charge in [0.25, 0.3) is 5.69 Å². The lowest BCUT2D eigenvalue weighted by Gasteiger charge is -2.26. The number of sulfonamides is 1. The number of nitrogens with one attached hydrogen (secondary N) is 1. The van der Waals surface area contributed by atoms with E-state index in [1.54, 1.807) is 0 Å². The van der Waals surface area contributed by atoms with Crippen molar-refractivity contribution < 1.29 is 13.3 Å². The Morgan fingerprint density at radius 2 is 1.95 bits per heavy atom. The molecule has 21 heavy (non-hydrogen) atoms. The molecule has 0 aromatic heterocycles. The van der Waals surface area contributed by atoms with Crippen LogP contribution in [0, 0.1) is 10.1 Å². The smallest absolute Gasteiger partial charge is 0.270 e. The molecule has 9 heteroatoms. The van der Waals surface area contributed by atoms with E-state index in [-0.39, 0.29) is 22.2 Å². The molecule has 0 atom stereocenters. The number of halogens is 1. The highest BCUT2D eigenvalue weighted by molar-refractivity contribution is 7.89. The fourth-order valence-corrected chi connectivity index (χ4v) is 3.28. The lowest BCUT2D eigenvalue weighted by Crippen LogP contribution is -2.49. The van der Waals surface area contributed by atoms with E-state index in [1.165, 1.54) is 6.07 Å². The Kier molecular flexibility index (Phi) is 5.68. The van der Waals surface area contributed by atoms with Crippen molar-refractivity contribution in [3.63, 3.8) is 0 Å². The Bertz CT molecular complexity index is 629. The number of benzene rings is 1. The first-order valence-electron chi connectivity index (χ1n) is 6.37. The molecule has 0 aliphatic rings. The third-order valence-corrected chi connectivity index (χ3v) is 5.32. The molecule has 3 N–H and O–H groups in total. The Balaban J connectivity index is 3.08. The number of rotatable bonds is 7. The predicted molar refractivity (Wildman–Crippen MR) is 80.8 cm³/mol. The number of hydrogen-bond donors (Lipinski definition) is 2. The van der Waals surface area contributed by atoms with Crippen molar-refractivity contribution >= 4 is 27.3 Å². The minimum Gasteiger partial charge on any atom is -0.324 e. The van der Waals surface area contributed by atoms with Crippen molar-refractivity contribution in [2.45, 2.75) is 37.1 Å².